The SMILES string of the molecule is Nc1c(C(=O)NC2CC=CC2)sc2nc3c(cc12)CCC3. The zero-order valence-electron chi connectivity index (χ0n) is 11.7. The molecule has 0 radical (unpaired) electrons. The lowest BCUT2D eigenvalue weighted by Gasteiger charge is -2.11. The molecule has 0 spiro atoms. The minimum absolute atomic E-state index is 0.0654. The van der Waals surface area contributed by atoms with Crippen LogP contribution in [0.1, 0.15) is 40.2 Å². The van der Waals surface area contributed by atoms with Gasteiger partial charge in [-0.1, -0.05) is 12.2 Å². The third-order valence-electron chi connectivity index (χ3n) is 4.30. The fourth-order valence-electron chi connectivity index (χ4n) is 3.15. The molecule has 108 valence electrons. The van der Waals surface area contributed by atoms with Crippen molar-refractivity contribution in [3.05, 3.63) is 34.4 Å². The van der Waals surface area contributed by atoms with Gasteiger partial charge in [0, 0.05) is 17.1 Å². The van der Waals surface area contributed by atoms with Crippen molar-refractivity contribution in [3.63, 3.8) is 0 Å². The lowest BCUT2D eigenvalue weighted by molar-refractivity contribution is 0.0944. The Labute approximate surface area is 127 Å². The maximum absolute atomic E-state index is 12.4. The summed E-state index contributed by atoms with van der Waals surface area (Å²) in [6.45, 7) is 0. The molecular formula is C16H17N3OS. The number of rotatable bonds is 2. The standard InChI is InChI=1S/C16H17N3OS/c17-13-11-8-9-4-3-7-12(9)19-16(11)21-14(13)15(20)18-10-5-1-2-6-10/h1-2,8,10H,3-7,17H2,(H,18,20). The summed E-state index contributed by atoms with van der Waals surface area (Å²) in [5.41, 5.74) is 9.25. The number of hydrogen-bond donors (Lipinski definition) is 2. The summed E-state index contributed by atoms with van der Waals surface area (Å²) in [6.07, 6.45) is 9.30. The molecule has 2 aromatic rings. The molecule has 2 aliphatic rings. The molecular weight excluding hydrogens is 282 g/mol. The zero-order valence-corrected chi connectivity index (χ0v) is 12.5. The Morgan fingerprint density at radius 3 is 2.95 bits per heavy atom. The quantitative estimate of drug-likeness (QED) is 0.838. The van der Waals surface area contributed by atoms with Crippen molar-refractivity contribution in [1.82, 2.24) is 10.3 Å². The number of carbonyl (C=O) groups excluding carboxylic acids is 1. The fourth-order valence-corrected chi connectivity index (χ4v) is 4.15. The van der Waals surface area contributed by atoms with Crippen LogP contribution in [-0.2, 0) is 12.8 Å². The number of thiophene rings is 1. The highest BCUT2D eigenvalue weighted by Gasteiger charge is 2.22. The number of fused-ring (bicyclic) bond motifs is 2. The van der Waals surface area contributed by atoms with Gasteiger partial charge in [-0.2, -0.15) is 0 Å². The van der Waals surface area contributed by atoms with Crippen molar-refractivity contribution in [2.24, 2.45) is 0 Å². The van der Waals surface area contributed by atoms with Crippen LogP contribution in [0, 0.1) is 0 Å². The van der Waals surface area contributed by atoms with Crippen molar-refractivity contribution in [2.75, 3.05) is 5.73 Å². The van der Waals surface area contributed by atoms with Crippen molar-refractivity contribution in [3.8, 4) is 0 Å². The van der Waals surface area contributed by atoms with Crippen LogP contribution in [0.2, 0.25) is 0 Å². The zero-order chi connectivity index (χ0) is 14.4. The van der Waals surface area contributed by atoms with Gasteiger partial charge >= 0.3 is 0 Å². The van der Waals surface area contributed by atoms with E-state index in [1.165, 1.54) is 29.0 Å². The number of hydrogen-bond acceptors (Lipinski definition) is 4. The highest BCUT2D eigenvalue weighted by Crippen LogP contribution is 2.35. The first-order valence-electron chi connectivity index (χ1n) is 7.39. The number of nitrogen functional groups attached to an aromatic ring is 1. The van der Waals surface area contributed by atoms with Gasteiger partial charge in [-0.05, 0) is 43.7 Å². The second kappa shape index (κ2) is 4.84. The van der Waals surface area contributed by atoms with E-state index in [2.05, 4.69) is 23.5 Å². The molecule has 0 aromatic carbocycles. The molecule has 0 atom stereocenters. The first-order chi connectivity index (χ1) is 10.2. The minimum Gasteiger partial charge on any atom is -0.397 e. The van der Waals surface area contributed by atoms with Crippen LogP contribution in [-0.4, -0.2) is 16.9 Å². The van der Waals surface area contributed by atoms with E-state index in [1.807, 2.05) is 0 Å². The van der Waals surface area contributed by atoms with Crippen LogP contribution in [0.3, 0.4) is 0 Å². The van der Waals surface area contributed by atoms with Gasteiger partial charge in [0.2, 0.25) is 0 Å². The van der Waals surface area contributed by atoms with Crippen LogP contribution >= 0.6 is 11.3 Å². The van der Waals surface area contributed by atoms with Crippen LogP contribution in [0.25, 0.3) is 10.2 Å². The van der Waals surface area contributed by atoms with Gasteiger partial charge in [0.1, 0.15) is 9.71 Å². The van der Waals surface area contributed by atoms with Crippen molar-refractivity contribution in [1.29, 1.82) is 0 Å². The lowest BCUT2D eigenvalue weighted by Crippen LogP contribution is -2.32. The molecule has 4 nitrogen and oxygen atoms in total. The van der Waals surface area contributed by atoms with Gasteiger partial charge in [-0.15, -0.1) is 11.3 Å². The smallest absolute Gasteiger partial charge is 0.263 e. The molecule has 1 amide bonds. The van der Waals surface area contributed by atoms with E-state index < -0.39 is 0 Å². The number of nitrogens with one attached hydrogen (secondary N) is 1. The summed E-state index contributed by atoms with van der Waals surface area (Å²) >= 11 is 1.41. The second-order valence-electron chi connectivity index (χ2n) is 5.76. The van der Waals surface area contributed by atoms with Gasteiger partial charge in [0.05, 0.1) is 5.69 Å². The van der Waals surface area contributed by atoms with E-state index in [0.29, 0.717) is 10.6 Å². The monoisotopic (exact) mass is 299 g/mol. The van der Waals surface area contributed by atoms with Gasteiger partial charge in [0.25, 0.3) is 5.91 Å². The van der Waals surface area contributed by atoms with Gasteiger partial charge in [-0.3, -0.25) is 4.79 Å². The summed E-state index contributed by atoms with van der Waals surface area (Å²) in [5.74, 6) is -0.0654. The maximum Gasteiger partial charge on any atom is 0.263 e. The Morgan fingerprint density at radius 2 is 2.14 bits per heavy atom. The van der Waals surface area contributed by atoms with E-state index in [1.54, 1.807) is 0 Å². The highest BCUT2D eigenvalue weighted by molar-refractivity contribution is 7.21. The summed E-state index contributed by atoms with van der Waals surface area (Å²) in [5, 5.41) is 4.00. The molecule has 0 bridgehead atoms. The third kappa shape index (κ3) is 2.12. The summed E-state index contributed by atoms with van der Waals surface area (Å²) in [4.78, 5) is 18.6. The Balaban J connectivity index is 1.69. The van der Waals surface area contributed by atoms with Crippen LogP contribution in [0.5, 0.6) is 0 Å². The van der Waals surface area contributed by atoms with E-state index in [-0.39, 0.29) is 11.9 Å². The molecule has 0 saturated heterocycles. The minimum atomic E-state index is -0.0654. The van der Waals surface area contributed by atoms with E-state index in [4.69, 9.17) is 10.7 Å². The molecule has 0 unspecified atom stereocenters. The van der Waals surface area contributed by atoms with Crippen molar-refractivity contribution >= 4 is 33.1 Å². The number of pyridine rings is 1. The number of aromatic nitrogens is 1. The normalized spacial score (nSPS) is 17.5. The number of amides is 1. The van der Waals surface area contributed by atoms with Gasteiger partial charge < -0.3 is 11.1 Å². The lowest BCUT2D eigenvalue weighted by atomic mass is 10.1. The number of nitrogens with two attached hydrogens (primary N) is 1. The molecule has 4 rings (SSSR count). The molecule has 0 fully saturated rings. The maximum atomic E-state index is 12.4. The predicted molar refractivity (Wildman–Crippen MR) is 85.7 cm³/mol. The summed E-state index contributed by atoms with van der Waals surface area (Å²) in [6, 6.07) is 2.34. The number of nitrogens with zero attached hydrogens (tertiary/aromatic N) is 1. The first-order valence-corrected chi connectivity index (χ1v) is 8.20. The molecule has 5 heteroatoms. The second-order valence-corrected chi connectivity index (χ2v) is 6.76. The Hall–Kier alpha value is -1.88. The molecule has 2 aliphatic carbocycles. The summed E-state index contributed by atoms with van der Waals surface area (Å²) < 4.78 is 0. The molecule has 0 aliphatic heterocycles. The van der Waals surface area contributed by atoms with Crippen LogP contribution in [0.15, 0.2) is 18.2 Å². The van der Waals surface area contributed by atoms with E-state index >= 15 is 0 Å². The molecule has 2 aromatic heterocycles. The van der Waals surface area contributed by atoms with Crippen molar-refractivity contribution < 1.29 is 4.79 Å². The largest absolute Gasteiger partial charge is 0.397 e. The van der Waals surface area contributed by atoms with E-state index in [0.717, 1.165) is 35.9 Å². The predicted octanol–water partition coefficient (Wildman–Crippen LogP) is 2.82. The highest BCUT2D eigenvalue weighted by atomic mass is 32.1. The first kappa shape index (κ1) is 12.8. The fraction of sp³-hybridized carbons (Fsp3) is 0.375. The number of carbonyl (C=O) groups is 1. The molecule has 2 heterocycles. The topological polar surface area (TPSA) is 68.0 Å². The number of anilines is 1. The van der Waals surface area contributed by atoms with E-state index in [9.17, 15) is 4.79 Å². The third-order valence-corrected chi connectivity index (χ3v) is 5.41. The molecule has 0 saturated carbocycles. The molecule has 3 N–H and O–H groups in total. The Kier molecular flexibility index (Phi) is 2.96. The average Bonchev–Trinajstić information content (AvgIpc) is 3.17. The van der Waals surface area contributed by atoms with Crippen molar-refractivity contribution in [2.45, 2.75) is 38.1 Å². The molecule has 21 heavy (non-hydrogen) atoms. The number of aryl methyl sites for hydroxylation is 2. The van der Waals surface area contributed by atoms with Gasteiger partial charge in [-0.25, -0.2) is 4.98 Å². The Morgan fingerprint density at radius 1 is 1.33 bits per heavy atom. The van der Waals surface area contributed by atoms with Crippen LogP contribution < -0.4 is 11.1 Å². The van der Waals surface area contributed by atoms with Crippen LogP contribution in [0.4, 0.5) is 5.69 Å². The summed E-state index contributed by atoms with van der Waals surface area (Å²) in [7, 11) is 0. The van der Waals surface area contributed by atoms with Gasteiger partial charge in [0.15, 0.2) is 0 Å². The Bertz CT molecular complexity index is 754. The average molecular weight is 299 g/mol.